The van der Waals surface area contributed by atoms with Crippen molar-refractivity contribution in [1.82, 2.24) is 15.1 Å². The number of carbonyl (C=O) groups excluding carboxylic acids is 2. The quantitative estimate of drug-likeness (QED) is 0.606. The third-order valence-corrected chi connectivity index (χ3v) is 5.27. The minimum Gasteiger partial charge on any atom is -0.497 e. The van der Waals surface area contributed by atoms with Crippen LogP contribution in [0, 0.1) is 5.92 Å². The van der Waals surface area contributed by atoms with Gasteiger partial charge in [-0.2, -0.15) is 0 Å². The number of nitrogens with zero attached hydrogens (tertiary/aromatic N) is 2. The van der Waals surface area contributed by atoms with Gasteiger partial charge >= 0.3 is 12.0 Å². The highest BCUT2D eigenvalue weighted by molar-refractivity contribution is 5.75. The number of hydrogen-bond donors (Lipinski definition) is 1. The van der Waals surface area contributed by atoms with E-state index in [1.807, 2.05) is 19.2 Å². The molecule has 1 heterocycles. The number of nitrogens with one attached hydrogen (secondary N) is 1. The Morgan fingerprint density at radius 1 is 1.28 bits per heavy atom. The number of likely N-dealkylation sites (tertiary alicyclic amines) is 1. The Bertz CT molecular complexity index is 635. The van der Waals surface area contributed by atoms with E-state index in [4.69, 9.17) is 9.47 Å². The van der Waals surface area contributed by atoms with E-state index in [-0.39, 0.29) is 18.4 Å². The second-order valence-corrected chi connectivity index (χ2v) is 7.57. The number of esters is 1. The fraction of sp³-hybridized carbons (Fsp3) is 0.636. The SMILES string of the molecule is CCOC(=O)CCNC(=O)N(C)C[C@@H]1CCCN(CCc2ccc(OC)cc2)C1. The van der Waals surface area contributed by atoms with Gasteiger partial charge in [0.05, 0.1) is 20.1 Å². The van der Waals surface area contributed by atoms with Crippen molar-refractivity contribution in [2.24, 2.45) is 5.92 Å². The summed E-state index contributed by atoms with van der Waals surface area (Å²) in [6, 6.07) is 8.11. The summed E-state index contributed by atoms with van der Waals surface area (Å²) < 4.78 is 10.1. The lowest BCUT2D eigenvalue weighted by molar-refractivity contribution is -0.142. The highest BCUT2D eigenvalue weighted by Gasteiger charge is 2.22. The van der Waals surface area contributed by atoms with Gasteiger partial charge in [0, 0.05) is 33.2 Å². The first-order valence-electron chi connectivity index (χ1n) is 10.5. The highest BCUT2D eigenvalue weighted by atomic mass is 16.5. The molecule has 2 rings (SSSR count). The number of ether oxygens (including phenoxy) is 2. The minimum absolute atomic E-state index is 0.135. The number of rotatable bonds is 10. The van der Waals surface area contributed by atoms with Crippen LogP contribution in [0.3, 0.4) is 0 Å². The maximum atomic E-state index is 12.2. The summed E-state index contributed by atoms with van der Waals surface area (Å²) in [6.45, 7) is 6.32. The Balaban J connectivity index is 1.69. The first-order valence-corrected chi connectivity index (χ1v) is 10.5. The molecule has 0 bridgehead atoms. The largest absolute Gasteiger partial charge is 0.497 e. The molecule has 1 atom stereocenters. The van der Waals surface area contributed by atoms with Gasteiger partial charge in [-0.3, -0.25) is 4.79 Å². The molecule has 0 spiro atoms. The number of amides is 2. The lowest BCUT2D eigenvalue weighted by Crippen LogP contribution is -2.45. The van der Waals surface area contributed by atoms with Gasteiger partial charge in [0.15, 0.2) is 0 Å². The molecule has 0 radical (unpaired) electrons. The molecule has 0 aromatic heterocycles. The third kappa shape index (κ3) is 8.31. The van der Waals surface area contributed by atoms with Gasteiger partial charge in [-0.05, 0) is 56.3 Å². The van der Waals surface area contributed by atoms with E-state index in [0.29, 0.717) is 19.1 Å². The number of methoxy groups -OCH3 is 1. The normalized spacial score (nSPS) is 16.9. The van der Waals surface area contributed by atoms with Gasteiger partial charge in [0.1, 0.15) is 5.75 Å². The fourth-order valence-electron chi connectivity index (χ4n) is 3.69. The first kappa shape index (κ1) is 23.0. The van der Waals surface area contributed by atoms with Crippen LogP contribution in [0.5, 0.6) is 5.75 Å². The summed E-state index contributed by atoms with van der Waals surface area (Å²) in [5.74, 6) is 1.08. The Morgan fingerprint density at radius 3 is 2.72 bits per heavy atom. The number of benzene rings is 1. The second-order valence-electron chi connectivity index (χ2n) is 7.57. The van der Waals surface area contributed by atoms with Crippen LogP contribution < -0.4 is 10.1 Å². The fourth-order valence-corrected chi connectivity index (χ4v) is 3.69. The Morgan fingerprint density at radius 2 is 2.03 bits per heavy atom. The molecule has 162 valence electrons. The predicted octanol–water partition coefficient (Wildman–Crippen LogP) is 2.54. The molecule has 7 heteroatoms. The van der Waals surface area contributed by atoms with Gasteiger partial charge in [-0.25, -0.2) is 4.79 Å². The Kier molecular flexibility index (Phi) is 9.77. The van der Waals surface area contributed by atoms with Crippen LogP contribution >= 0.6 is 0 Å². The molecule has 0 aliphatic carbocycles. The monoisotopic (exact) mass is 405 g/mol. The predicted molar refractivity (Wildman–Crippen MR) is 113 cm³/mol. The van der Waals surface area contributed by atoms with Crippen molar-refractivity contribution in [3.05, 3.63) is 29.8 Å². The molecule has 1 aromatic rings. The van der Waals surface area contributed by atoms with E-state index >= 15 is 0 Å². The zero-order valence-electron chi connectivity index (χ0n) is 18.0. The van der Waals surface area contributed by atoms with Crippen molar-refractivity contribution in [3.63, 3.8) is 0 Å². The number of urea groups is 1. The molecule has 1 saturated heterocycles. The zero-order chi connectivity index (χ0) is 21.1. The summed E-state index contributed by atoms with van der Waals surface area (Å²) in [6.07, 6.45) is 3.52. The summed E-state index contributed by atoms with van der Waals surface area (Å²) >= 11 is 0. The molecule has 2 amide bonds. The molecule has 1 aliphatic rings. The second kappa shape index (κ2) is 12.3. The smallest absolute Gasteiger partial charge is 0.317 e. The van der Waals surface area contributed by atoms with Crippen LogP contribution in [0.2, 0.25) is 0 Å². The standard InChI is InChI=1S/C22H35N3O4/c1-4-29-21(26)11-13-23-22(27)24(2)16-19-6-5-14-25(17-19)15-12-18-7-9-20(28-3)10-8-18/h7-10,19H,4-6,11-17H2,1-3H3,(H,23,27)/t19-/m0/s1. The van der Waals surface area contributed by atoms with Gasteiger partial charge in [-0.1, -0.05) is 12.1 Å². The van der Waals surface area contributed by atoms with Crippen LogP contribution in [0.1, 0.15) is 31.7 Å². The third-order valence-electron chi connectivity index (χ3n) is 5.27. The summed E-state index contributed by atoms with van der Waals surface area (Å²) in [5, 5.41) is 2.79. The first-order chi connectivity index (χ1) is 14.0. The van der Waals surface area contributed by atoms with Crippen LogP contribution in [0.15, 0.2) is 24.3 Å². The van der Waals surface area contributed by atoms with Gasteiger partial charge in [0.2, 0.25) is 0 Å². The zero-order valence-corrected chi connectivity index (χ0v) is 18.0. The van der Waals surface area contributed by atoms with Crippen molar-refractivity contribution < 1.29 is 19.1 Å². The molecule has 1 N–H and O–H groups in total. The number of carbonyl (C=O) groups is 2. The average molecular weight is 406 g/mol. The van der Waals surface area contributed by atoms with Crippen LogP contribution in [-0.4, -0.2) is 75.3 Å². The molecular weight excluding hydrogens is 370 g/mol. The molecule has 1 aromatic carbocycles. The molecule has 1 aliphatic heterocycles. The summed E-state index contributed by atoms with van der Waals surface area (Å²) in [5.41, 5.74) is 1.31. The van der Waals surface area contributed by atoms with E-state index in [1.54, 1.807) is 18.9 Å². The lowest BCUT2D eigenvalue weighted by atomic mass is 9.97. The number of piperidine rings is 1. The summed E-state index contributed by atoms with van der Waals surface area (Å²) in [7, 11) is 3.50. The van der Waals surface area contributed by atoms with E-state index in [9.17, 15) is 9.59 Å². The average Bonchev–Trinajstić information content (AvgIpc) is 2.73. The summed E-state index contributed by atoms with van der Waals surface area (Å²) in [4.78, 5) is 27.8. The van der Waals surface area contributed by atoms with Gasteiger partial charge < -0.3 is 24.6 Å². The van der Waals surface area contributed by atoms with E-state index in [1.165, 1.54) is 5.56 Å². The molecule has 29 heavy (non-hydrogen) atoms. The van der Waals surface area contributed by atoms with Crippen molar-refractivity contribution in [1.29, 1.82) is 0 Å². The Labute approximate surface area is 174 Å². The van der Waals surface area contributed by atoms with Crippen LogP contribution in [-0.2, 0) is 16.0 Å². The maximum absolute atomic E-state index is 12.2. The molecule has 7 nitrogen and oxygen atoms in total. The van der Waals surface area contributed by atoms with E-state index in [0.717, 1.165) is 51.2 Å². The van der Waals surface area contributed by atoms with E-state index in [2.05, 4.69) is 22.3 Å². The Hall–Kier alpha value is -2.28. The topological polar surface area (TPSA) is 71.1 Å². The van der Waals surface area contributed by atoms with Gasteiger partial charge in [0.25, 0.3) is 0 Å². The van der Waals surface area contributed by atoms with Crippen molar-refractivity contribution >= 4 is 12.0 Å². The van der Waals surface area contributed by atoms with Crippen molar-refractivity contribution in [2.45, 2.75) is 32.6 Å². The highest BCUT2D eigenvalue weighted by Crippen LogP contribution is 2.18. The van der Waals surface area contributed by atoms with Crippen molar-refractivity contribution in [3.8, 4) is 5.75 Å². The van der Waals surface area contributed by atoms with Gasteiger partial charge in [-0.15, -0.1) is 0 Å². The number of hydrogen-bond acceptors (Lipinski definition) is 5. The minimum atomic E-state index is -0.282. The molecule has 0 unspecified atom stereocenters. The molecule has 0 saturated carbocycles. The maximum Gasteiger partial charge on any atom is 0.317 e. The molecular formula is C22H35N3O4. The van der Waals surface area contributed by atoms with Crippen molar-refractivity contribution in [2.75, 3.05) is 53.5 Å². The van der Waals surface area contributed by atoms with Crippen LogP contribution in [0.4, 0.5) is 4.79 Å². The molecule has 1 fully saturated rings. The van der Waals surface area contributed by atoms with E-state index < -0.39 is 0 Å². The van der Waals surface area contributed by atoms with Crippen LogP contribution in [0.25, 0.3) is 0 Å². The lowest BCUT2D eigenvalue weighted by Gasteiger charge is -2.34.